The lowest BCUT2D eigenvalue weighted by atomic mass is 9.72. The van der Waals surface area contributed by atoms with Crippen LogP contribution in [0.1, 0.15) is 44.9 Å². The number of hydrogen-bond donors (Lipinski definition) is 1. The second kappa shape index (κ2) is 4.28. The van der Waals surface area contributed by atoms with Gasteiger partial charge in [-0.2, -0.15) is 0 Å². The lowest BCUT2D eigenvalue weighted by Crippen LogP contribution is -2.45. The van der Waals surface area contributed by atoms with Gasteiger partial charge in [-0.15, -0.1) is 0 Å². The largest absolute Gasteiger partial charge is 0.393 e. The summed E-state index contributed by atoms with van der Waals surface area (Å²) in [6.07, 6.45) is 7.66. The van der Waals surface area contributed by atoms with Gasteiger partial charge in [0.05, 0.1) is 19.3 Å². The van der Waals surface area contributed by atoms with Crippen molar-refractivity contribution in [3.05, 3.63) is 0 Å². The van der Waals surface area contributed by atoms with Crippen LogP contribution in [0.4, 0.5) is 0 Å². The van der Waals surface area contributed by atoms with Crippen molar-refractivity contribution in [2.75, 3.05) is 13.2 Å². The molecule has 0 aromatic carbocycles. The van der Waals surface area contributed by atoms with Gasteiger partial charge in [-0.1, -0.05) is 6.42 Å². The predicted octanol–water partition coefficient (Wildman–Crippen LogP) is 2.08. The molecule has 1 saturated heterocycles. The van der Waals surface area contributed by atoms with E-state index >= 15 is 0 Å². The van der Waals surface area contributed by atoms with Crippen molar-refractivity contribution in [2.45, 2.75) is 56.8 Å². The van der Waals surface area contributed by atoms with Gasteiger partial charge in [0.15, 0.2) is 5.79 Å². The highest BCUT2D eigenvalue weighted by atomic mass is 16.7. The molecule has 3 fully saturated rings. The summed E-state index contributed by atoms with van der Waals surface area (Å²) in [4.78, 5) is 0. The summed E-state index contributed by atoms with van der Waals surface area (Å²) in [6.45, 7) is 1.51. The molecule has 3 atom stereocenters. The van der Waals surface area contributed by atoms with Crippen LogP contribution < -0.4 is 0 Å². The fourth-order valence-corrected chi connectivity index (χ4v) is 3.93. The van der Waals surface area contributed by atoms with E-state index in [1.54, 1.807) is 0 Å². The van der Waals surface area contributed by atoms with Gasteiger partial charge >= 0.3 is 0 Å². The number of ether oxygens (including phenoxy) is 2. The topological polar surface area (TPSA) is 38.7 Å². The highest BCUT2D eigenvalue weighted by Gasteiger charge is 2.50. The zero-order valence-electron chi connectivity index (χ0n) is 9.86. The summed E-state index contributed by atoms with van der Waals surface area (Å²) >= 11 is 0. The SMILES string of the molecule is O[C@H]1CC[C@H]2[C@@H](CCCCC23OCCO3)C1. The normalized spacial score (nSPS) is 42.9. The maximum Gasteiger partial charge on any atom is 0.171 e. The van der Waals surface area contributed by atoms with Crippen molar-refractivity contribution in [2.24, 2.45) is 11.8 Å². The average molecular weight is 226 g/mol. The Balaban J connectivity index is 1.82. The molecule has 1 spiro atoms. The summed E-state index contributed by atoms with van der Waals surface area (Å²) < 4.78 is 11.9. The van der Waals surface area contributed by atoms with Gasteiger partial charge in [-0.25, -0.2) is 0 Å². The van der Waals surface area contributed by atoms with Gasteiger partial charge < -0.3 is 14.6 Å². The molecule has 2 saturated carbocycles. The molecule has 0 bridgehead atoms. The fraction of sp³-hybridized carbons (Fsp3) is 1.00. The molecule has 3 aliphatic rings. The Labute approximate surface area is 97.1 Å². The van der Waals surface area contributed by atoms with Crippen molar-refractivity contribution in [1.82, 2.24) is 0 Å². The van der Waals surface area contributed by atoms with Gasteiger partial charge in [0.1, 0.15) is 0 Å². The van der Waals surface area contributed by atoms with E-state index in [0.29, 0.717) is 11.8 Å². The van der Waals surface area contributed by atoms with Crippen molar-refractivity contribution < 1.29 is 14.6 Å². The van der Waals surface area contributed by atoms with Gasteiger partial charge in [0.2, 0.25) is 0 Å². The second-order valence-corrected chi connectivity index (χ2v) is 5.59. The van der Waals surface area contributed by atoms with Gasteiger partial charge in [-0.3, -0.25) is 0 Å². The molecule has 1 N–H and O–H groups in total. The summed E-state index contributed by atoms with van der Waals surface area (Å²) in [6, 6.07) is 0. The first-order valence-corrected chi connectivity index (χ1v) is 6.76. The number of fused-ring (bicyclic) bond motifs is 2. The molecule has 92 valence electrons. The zero-order chi connectivity index (χ0) is 11.0. The summed E-state index contributed by atoms with van der Waals surface area (Å²) in [5.41, 5.74) is 0. The fourth-order valence-electron chi connectivity index (χ4n) is 3.93. The van der Waals surface area contributed by atoms with Crippen LogP contribution in [0.15, 0.2) is 0 Å². The van der Waals surface area contributed by atoms with Crippen LogP contribution in [0.5, 0.6) is 0 Å². The minimum absolute atomic E-state index is 0.0854. The molecular formula is C13H22O3. The highest BCUT2D eigenvalue weighted by molar-refractivity contribution is 4.93. The van der Waals surface area contributed by atoms with E-state index in [1.807, 2.05) is 0 Å². The Kier molecular flexibility index (Phi) is 2.94. The van der Waals surface area contributed by atoms with E-state index in [1.165, 1.54) is 19.3 Å². The van der Waals surface area contributed by atoms with Crippen LogP contribution in [-0.4, -0.2) is 30.2 Å². The smallest absolute Gasteiger partial charge is 0.171 e. The molecule has 0 aromatic heterocycles. The van der Waals surface area contributed by atoms with E-state index in [9.17, 15) is 5.11 Å². The van der Waals surface area contributed by atoms with Crippen LogP contribution in [0, 0.1) is 11.8 Å². The monoisotopic (exact) mass is 226 g/mol. The lowest BCUT2D eigenvalue weighted by Gasteiger charge is -2.42. The third-order valence-electron chi connectivity index (χ3n) is 4.65. The third kappa shape index (κ3) is 1.79. The Morgan fingerprint density at radius 3 is 2.62 bits per heavy atom. The van der Waals surface area contributed by atoms with E-state index in [0.717, 1.165) is 38.9 Å². The van der Waals surface area contributed by atoms with Crippen molar-refractivity contribution >= 4 is 0 Å². The first-order valence-electron chi connectivity index (χ1n) is 6.76. The van der Waals surface area contributed by atoms with Gasteiger partial charge in [-0.05, 0) is 38.0 Å². The standard InChI is InChI=1S/C13H22O3/c14-11-4-5-12-10(9-11)3-1-2-6-13(12)15-7-8-16-13/h10-12,14H,1-9H2/t10-,11-,12-/m0/s1. The Bertz CT molecular complexity index is 248. The molecule has 0 radical (unpaired) electrons. The van der Waals surface area contributed by atoms with Crippen LogP contribution in [0.3, 0.4) is 0 Å². The Morgan fingerprint density at radius 2 is 1.81 bits per heavy atom. The molecule has 3 nitrogen and oxygen atoms in total. The number of aliphatic hydroxyl groups is 1. The Hall–Kier alpha value is -0.120. The molecular weight excluding hydrogens is 204 g/mol. The lowest BCUT2D eigenvalue weighted by molar-refractivity contribution is -0.218. The quantitative estimate of drug-likeness (QED) is 0.687. The van der Waals surface area contributed by atoms with E-state index in [4.69, 9.17) is 9.47 Å². The minimum Gasteiger partial charge on any atom is -0.393 e. The van der Waals surface area contributed by atoms with Crippen LogP contribution in [0.25, 0.3) is 0 Å². The van der Waals surface area contributed by atoms with Crippen LogP contribution >= 0.6 is 0 Å². The first-order chi connectivity index (χ1) is 7.80. The molecule has 1 heterocycles. The van der Waals surface area contributed by atoms with Gasteiger partial charge in [0.25, 0.3) is 0 Å². The molecule has 0 aromatic rings. The molecule has 2 aliphatic carbocycles. The van der Waals surface area contributed by atoms with Crippen molar-refractivity contribution in [3.63, 3.8) is 0 Å². The number of rotatable bonds is 0. The van der Waals surface area contributed by atoms with Crippen LogP contribution in [-0.2, 0) is 9.47 Å². The second-order valence-electron chi connectivity index (χ2n) is 5.59. The maximum absolute atomic E-state index is 9.79. The highest BCUT2D eigenvalue weighted by Crippen LogP contribution is 2.48. The van der Waals surface area contributed by atoms with E-state index in [2.05, 4.69) is 0 Å². The number of aliphatic hydroxyl groups excluding tert-OH is 1. The third-order valence-corrected chi connectivity index (χ3v) is 4.65. The molecule has 16 heavy (non-hydrogen) atoms. The summed E-state index contributed by atoms with van der Waals surface area (Å²) in [5.74, 6) is 0.867. The van der Waals surface area contributed by atoms with E-state index < -0.39 is 0 Å². The molecule has 1 aliphatic heterocycles. The summed E-state index contributed by atoms with van der Waals surface area (Å²) in [7, 11) is 0. The number of hydrogen-bond acceptors (Lipinski definition) is 3. The molecule has 3 rings (SSSR count). The molecule has 0 amide bonds. The maximum atomic E-state index is 9.79. The zero-order valence-corrected chi connectivity index (χ0v) is 9.86. The van der Waals surface area contributed by atoms with Crippen LogP contribution in [0.2, 0.25) is 0 Å². The minimum atomic E-state index is -0.276. The average Bonchev–Trinajstić information content (AvgIpc) is 2.66. The predicted molar refractivity (Wildman–Crippen MR) is 59.9 cm³/mol. The van der Waals surface area contributed by atoms with E-state index in [-0.39, 0.29) is 11.9 Å². The molecule has 3 heteroatoms. The van der Waals surface area contributed by atoms with Crippen molar-refractivity contribution in [1.29, 1.82) is 0 Å². The van der Waals surface area contributed by atoms with Crippen molar-refractivity contribution in [3.8, 4) is 0 Å². The molecule has 0 unspecified atom stereocenters. The first kappa shape index (κ1) is 11.0. The van der Waals surface area contributed by atoms with Gasteiger partial charge in [0, 0.05) is 12.3 Å². The Morgan fingerprint density at radius 1 is 1.00 bits per heavy atom. The summed E-state index contributed by atoms with van der Waals surface area (Å²) in [5, 5.41) is 9.79.